The number of nitrogens with zero attached hydrogens (tertiary/aromatic N) is 3. The van der Waals surface area contributed by atoms with Crippen molar-refractivity contribution in [3.8, 4) is 11.5 Å². The van der Waals surface area contributed by atoms with Crippen molar-refractivity contribution in [3.05, 3.63) is 54.6 Å². The summed E-state index contributed by atoms with van der Waals surface area (Å²) in [6, 6.07) is 17.7. The van der Waals surface area contributed by atoms with Gasteiger partial charge in [-0.1, -0.05) is 24.6 Å². The van der Waals surface area contributed by atoms with Crippen molar-refractivity contribution in [1.82, 2.24) is 14.7 Å². The lowest BCUT2D eigenvalue weighted by Gasteiger charge is -2.40. The summed E-state index contributed by atoms with van der Waals surface area (Å²) in [7, 11) is 2.20. The number of ether oxygens (including phenoxy) is 1. The number of likely N-dealkylation sites (tertiary alicyclic amines) is 1. The van der Waals surface area contributed by atoms with Crippen LogP contribution in [0.25, 0.3) is 0 Å². The fourth-order valence-electron chi connectivity index (χ4n) is 4.63. The maximum Gasteiger partial charge on any atom is 0.241 e. The maximum absolute atomic E-state index is 13.0. The van der Waals surface area contributed by atoms with Crippen LogP contribution in [0.4, 0.5) is 5.69 Å². The minimum Gasteiger partial charge on any atom is -0.457 e. The second kappa shape index (κ2) is 10.9. The van der Waals surface area contributed by atoms with Crippen LogP contribution in [0.3, 0.4) is 0 Å². The van der Waals surface area contributed by atoms with Crippen LogP contribution < -0.4 is 10.1 Å². The second-order valence-corrected chi connectivity index (χ2v) is 9.09. The predicted octanol–water partition coefficient (Wildman–Crippen LogP) is 3.91. The lowest BCUT2D eigenvalue weighted by Crippen LogP contribution is -2.53. The molecule has 2 heterocycles. The van der Waals surface area contributed by atoms with E-state index in [4.69, 9.17) is 4.74 Å². The van der Waals surface area contributed by atoms with E-state index in [2.05, 4.69) is 27.1 Å². The van der Waals surface area contributed by atoms with Gasteiger partial charge in [-0.2, -0.15) is 0 Å². The Balaban J connectivity index is 1.32. The first-order valence-corrected chi connectivity index (χ1v) is 11.9. The van der Waals surface area contributed by atoms with Crippen molar-refractivity contribution in [3.63, 3.8) is 0 Å². The number of likely N-dealkylation sites (N-methyl/N-ethyl adjacent to an activating group) is 1. The molecule has 2 aliphatic rings. The van der Waals surface area contributed by atoms with Crippen LogP contribution in [0.5, 0.6) is 11.5 Å². The Hall–Kier alpha value is -2.41. The van der Waals surface area contributed by atoms with Gasteiger partial charge in [0.2, 0.25) is 5.91 Å². The molecule has 6 nitrogen and oxygen atoms in total. The van der Waals surface area contributed by atoms with Crippen molar-refractivity contribution in [2.75, 3.05) is 51.6 Å². The van der Waals surface area contributed by atoms with E-state index >= 15 is 0 Å². The van der Waals surface area contributed by atoms with Gasteiger partial charge in [-0.15, -0.1) is 0 Å². The fraction of sp³-hybridized carbons (Fsp3) is 0.500. The molecule has 0 aliphatic carbocycles. The van der Waals surface area contributed by atoms with Crippen molar-refractivity contribution in [2.24, 2.45) is 0 Å². The summed E-state index contributed by atoms with van der Waals surface area (Å²) in [5, 5.41) is 3.09. The van der Waals surface area contributed by atoms with Gasteiger partial charge in [0.05, 0.1) is 6.04 Å². The first kappa shape index (κ1) is 22.8. The van der Waals surface area contributed by atoms with Gasteiger partial charge in [0.15, 0.2) is 0 Å². The number of amides is 1. The highest BCUT2D eigenvalue weighted by molar-refractivity contribution is 5.94. The SMILES string of the molecule is CC(C(=O)Nc1ccc(Oc2ccccc2)cc1)N1CCCCC(N2CCN(C)CC2)C1. The number of nitrogens with one attached hydrogen (secondary N) is 1. The number of carbonyl (C=O) groups excluding carboxylic acids is 1. The molecule has 2 atom stereocenters. The van der Waals surface area contributed by atoms with Crippen LogP contribution in [-0.2, 0) is 4.79 Å². The molecule has 1 amide bonds. The molecule has 0 bridgehead atoms. The van der Waals surface area contributed by atoms with Crippen LogP contribution in [0.15, 0.2) is 54.6 Å². The van der Waals surface area contributed by atoms with Crippen LogP contribution in [0.1, 0.15) is 26.2 Å². The number of hydrogen-bond donors (Lipinski definition) is 1. The van der Waals surface area contributed by atoms with E-state index < -0.39 is 0 Å². The van der Waals surface area contributed by atoms with Gasteiger partial charge < -0.3 is 15.0 Å². The third-order valence-electron chi connectivity index (χ3n) is 6.76. The van der Waals surface area contributed by atoms with Gasteiger partial charge in [0, 0.05) is 44.5 Å². The average Bonchev–Trinajstić information content (AvgIpc) is 3.07. The van der Waals surface area contributed by atoms with Crippen LogP contribution >= 0.6 is 0 Å². The number of benzene rings is 2. The molecule has 172 valence electrons. The molecule has 0 aromatic heterocycles. The zero-order valence-corrected chi connectivity index (χ0v) is 19.4. The third-order valence-corrected chi connectivity index (χ3v) is 6.76. The van der Waals surface area contributed by atoms with E-state index in [0.29, 0.717) is 6.04 Å². The highest BCUT2D eigenvalue weighted by atomic mass is 16.5. The number of para-hydroxylation sites is 1. The monoisotopic (exact) mass is 436 g/mol. The summed E-state index contributed by atoms with van der Waals surface area (Å²) < 4.78 is 5.84. The Morgan fingerprint density at radius 1 is 0.938 bits per heavy atom. The number of carbonyl (C=O) groups is 1. The normalized spacial score (nSPS) is 22.1. The minimum atomic E-state index is -0.150. The molecule has 0 saturated carbocycles. The molecule has 2 aromatic carbocycles. The van der Waals surface area contributed by atoms with Gasteiger partial charge in [-0.3, -0.25) is 14.6 Å². The molecular weight excluding hydrogens is 400 g/mol. The van der Waals surface area contributed by atoms with Crippen LogP contribution in [-0.4, -0.2) is 79.0 Å². The Bertz CT molecular complexity index is 850. The number of hydrogen-bond acceptors (Lipinski definition) is 5. The van der Waals surface area contributed by atoms with Crippen molar-refractivity contribution >= 4 is 11.6 Å². The van der Waals surface area contributed by atoms with Gasteiger partial charge in [-0.05, 0) is 69.8 Å². The summed E-state index contributed by atoms with van der Waals surface area (Å²) in [5.74, 6) is 1.61. The summed E-state index contributed by atoms with van der Waals surface area (Å²) in [5.41, 5.74) is 0.799. The second-order valence-electron chi connectivity index (χ2n) is 9.09. The molecule has 0 spiro atoms. The zero-order chi connectivity index (χ0) is 22.3. The fourth-order valence-corrected chi connectivity index (χ4v) is 4.63. The van der Waals surface area contributed by atoms with E-state index in [1.165, 1.54) is 12.8 Å². The van der Waals surface area contributed by atoms with E-state index in [1.807, 2.05) is 61.5 Å². The standard InChI is InChI=1S/C26H36N4O2/c1-21(30-15-7-6-8-23(20-30)29-18-16-28(2)17-19-29)26(31)27-22-11-13-25(14-12-22)32-24-9-4-3-5-10-24/h3-5,9-14,21,23H,6-8,15-20H2,1-2H3,(H,27,31). The van der Waals surface area contributed by atoms with E-state index in [9.17, 15) is 4.79 Å². The zero-order valence-electron chi connectivity index (χ0n) is 19.4. The number of rotatable bonds is 6. The molecular formula is C26H36N4O2. The Morgan fingerprint density at radius 3 is 2.34 bits per heavy atom. The van der Waals surface area contributed by atoms with Gasteiger partial charge in [-0.25, -0.2) is 0 Å². The van der Waals surface area contributed by atoms with Gasteiger partial charge in [0.1, 0.15) is 11.5 Å². The largest absolute Gasteiger partial charge is 0.457 e. The van der Waals surface area contributed by atoms with Crippen LogP contribution in [0, 0.1) is 0 Å². The Kier molecular flexibility index (Phi) is 7.79. The maximum atomic E-state index is 13.0. The molecule has 2 aliphatic heterocycles. The summed E-state index contributed by atoms with van der Waals surface area (Å²) >= 11 is 0. The van der Waals surface area contributed by atoms with Crippen LogP contribution in [0.2, 0.25) is 0 Å². The number of anilines is 1. The number of piperazine rings is 1. The average molecular weight is 437 g/mol. The van der Waals surface area contributed by atoms with E-state index in [1.54, 1.807) is 0 Å². The summed E-state index contributed by atoms with van der Waals surface area (Å²) in [6.07, 6.45) is 3.63. The first-order valence-electron chi connectivity index (χ1n) is 11.9. The lowest BCUT2D eigenvalue weighted by molar-refractivity contribution is -0.121. The molecule has 1 N–H and O–H groups in total. The van der Waals surface area contributed by atoms with Crippen molar-refractivity contribution < 1.29 is 9.53 Å². The highest BCUT2D eigenvalue weighted by Gasteiger charge is 2.30. The van der Waals surface area contributed by atoms with Gasteiger partial charge >= 0.3 is 0 Å². The van der Waals surface area contributed by atoms with E-state index in [0.717, 1.165) is 62.9 Å². The molecule has 2 aromatic rings. The third kappa shape index (κ3) is 6.09. The molecule has 6 heteroatoms. The summed E-state index contributed by atoms with van der Waals surface area (Å²) in [6.45, 7) is 8.53. The van der Waals surface area contributed by atoms with Crippen molar-refractivity contribution in [2.45, 2.75) is 38.3 Å². The lowest BCUT2D eigenvalue weighted by atomic mass is 10.1. The Labute approximate surface area is 192 Å². The smallest absolute Gasteiger partial charge is 0.241 e. The molecule has 2 unspecified atom stereocenters. The van der Waals surface area contributed by atoms with Crippen molar-refractivity contribution in [1.29, 1.82) is 0 Å². The topological polar surface area (TPSA) is 48.1 Å². The molecule has 2 fully saturated rings. The quantitative estimate of drug-likeness (QED) is 0.744. The molecule has 32 heavy (non-hydrogen) atoms. The predicted molar refractivity (Wildman–Crippen MR) is 129 cm³/mol. The van der Waals surface area contributed by atoms with E-state index in [-0.39, 0.29) is 11.9 Å². The molecule has 2 saturated heterocycles. The molecule has 0 radical (unpaired) electrons. The Morgan fingerprint density at radius 2 is 1.62 bits per heavy atom. The van der Waals surface area contributed by atoms with Gasteiger partial charge in [0.25, 0.3) is 0 Å². The molecule has 4 rings (SSSR count). The summed E-state index contributed by atoms with van der Waals surface area (Å²) in [4.78, 5) is 20.4. The minimum absolute atomic E-state index is 0.0563. The highest BCUT2D eigenvalue weighted by Crippen LogP contribution is 2.23. The first-order chi connectivity index (χ1) is 15.6.